The monoisotopic (exact) mass is 449 g/mol. The van der Waals surface area contributed by atoms with Crippen LogP contribution in [0.4, 0.5) is 10.2 Å². The third-order valence-corrected chi connectivity index (χ3v) is 4.93. The molecular weight excluding hydrogens is 432 g/mol. The van der Waals surface area contributed by atoms with E-state index in [1.165, 1.54) is 31.3 Å². The molecule has 0 radical (unpaired) electrons. The minimum absolute atomic E-state index is 0.114. The van der Waals surface area contributed by atoms with Gasteiger partial charge in [0.05, 0.1) is 15.6 Å². The van der Waals surface area contributed by atoms with Crippen LogP contribution >= 0.6 is 23.2 Å². The first-order valence-electron chi connectivity index (χ1n) is 8.95. The Morgan fingerprint density at radius 1 is 1.17 bits per heavy atom. The maximum absolute atomic E-state index is 13.2. The zero-order chi connectivity index (χ0) is 22.0. The number of amides is 1. The first-order valence-corrected chi connectivity index (χ1v) is 9.70. The van der Waals surface area contributed by atoms with Crippen LogP contribution in [0, 0.1) is 19.7 Å². The average Bonchev–Trinajstić information content (AvgIpc) is 2.99. The molecule has 1 N–H and O–H groups in total. The molecule has 156 valence electrons. The minimum atomic E-state index is -1.10. The molecular formula is C21H18Cl2FN3O3. The molecule has 2 aromatic heterocycles. The molecule has 9 heteroatoms. The number of carbonyl (C=O) groups excluding carboxylic acids is 2. The molecule has 0 saturated carbocycles. The van der Waals surface area contributed by atoms with Crippen molar-refractivity contribution >= 4 is 40.9 Å². The van der Waals surface area contributed by atoms with Crippen LogP contribution in [0.25, 0.3) is 5.69 Å². The molecule has 0 bridgehead atoms. The number of aromatic nitrogens is 2. The van der Waals surface area contributed by atoms with E-state index in [-0.39, 0.29) is 16.7 Å². The van der Waals surface area contributed by atoms with Gasteiger partial charge in [0.2, 0.25) is 0 Å². The molecule has 1 atom stereocenters. The van der Waals surface area contributed by atoms with Crippen molar-refractivity contribution in [3.8, 4) is 5.69 Å². The second kappa shape index (κ2) is 8.85. The van der Waals surface area contributed by atoms with Gasteiger partial charge in [0.1, 0.15) is 5.82 Å². The number of nitrogens with one attached hydrogen (secondary N) is 1. The number of nitrogens with zero attached hydrogens (tertiary/aromatic N) is 2. The van der Waals surface area contributed by atoms with E-state index in [1.807, 2.05) is 6.92 Å². The predicted octanol–water partition coefficient (Wildman–Crippen LogP) is 5.12. The van der Waals surface area contributed by atoms with E-state index >= 15 is 0 Å². The molecule has 1 unspecified atom stereocenters. The van der Waals surface area contributed by atoms with Gasteiger partial charge < -0.3 is 14.6 Å². The van der Waals surface area contributed by atoms with Gasteiger partial charge in [0.15, 0.2) is 11.9 Å². The first-order chi connectivity index (χ1) is 14.2. The number of hydrogen-bond acceptors (Lipinski definition) is 4. The van der Waals surface area contributed by atoms with E-state index in [0.717, 1.165) is 5.69 Å². The third-order valence-electron chi connectivity index (χ3n) is 4.44. The Bertz CT molecular complexity index is 1110. The van der Waals surface area contributed by atoms with Crippen molar-refractivity contribution in [3.05, 3.63) is 75.4 Å². The van der Waals surface area contributed by atoms with Crippen LogP contribution in [-0.2, 0) is 9.53 Å². The number of benzene rings is 1. The van der Waals surface area contributed by atoms with Crippen LogP contribution in [-0.4, -0.2) is 27.5 Å². The third kappa shape index (κ3) is 4.63. The topological polar surface area (TPSA) is 73.2 Å². The lowest BCUT2D eigenvalue weighted by molar-refractivity contribution is -0.123. The van der Waals surface area contributed by atoms with E-state index in [9.17, 15) is 14.0 Å². The maximum Gasteiger partial charge on any atom is 0.340 e. The van der Waals surface area contributed by atoms with Crippen molar-refractivity contribution in [1.29, 1.82) is 0 Å². The lowest BCUT2D eigenvalue weighted by Gasteiger charge is -2.14. The lowest BCUT2D eigenvalue weighted by Crippen LogP contribution is -2.30. The van der Waals surface area contributed by atoms with Crippen LogP contribution in [0.15, 0.2) is 42.6 Å². The summed E-state index contributed by atoms with van der Waals surface area (Å²) >= 11 is 11.8. The predicted molar refractivity (Wildman–Crippen MR) is 113 cm³/mol. The first kappa shape index (κ1) is 21.8. The Kier molecular flexibility index (Phi) is 6.43. The maximum atomic E-state index is 13.2. The van der Waals surface area contributed by atoms with Crippen molar-refractivity contribution in [1.82, 2.24) is 9.55 Å². The highest BCUT2D eigenvalue weighted by Crippen LogP contribution is 2.24. The van der Waals surface area contributed by atoms with E-state index in [2.05, 4.69) is 10.3 Å². The van der Waals surface area contributed by atoms with E-state index in [4.69, 9.17) is 27.9 Å². The van der Waals surface area contributed by atoms with Gasteiger partial charge in [-0.1, -0.05) is 23.2 Å². The van der Waals surface area contributed by atoms with Gasteiger partial charge in [-0.15, -0.1) is 0 Å². The lowest BCUT2D eigenvalue weighted by atomic mass is 10.2. The number of esters is 1. The summed E-state index contributed by atoms with van der Waals surface area (Å²) in [7, 11) is 0. The zero-order valence-corrected chi connectivity index (χ0v) is 17.9. The van der Waals surface area contributed by atoms with Crippen molar-refractivity contribution in [2.75, 3.05) is 5.32 Å². The van der Waals surface area contributed by atoms with Crippen molar-refractivity contribution in [3.63, 3.8) is 0 Å². The average molecular weight is 450 g/mol. The normalized spacial score (nSPS) is 11.8. The highest BCUT2D eigenvalue weighted by molar-refractivity contribution is 6.36. The molecule has 0 aliphatic heterocycles. The summed E-state index contributed by atoms with van der Waals surface area (Å²) in [5.74, 6) is -1.49. The highest BCUT2D eigenvalue weighted by atomic mass is 35.5. The Morgan fingerprint density at radius 2 is 1.83 bits per heavy atom. The molecule has 30 heavy (non-hydrogen) atoms. The molecule has 3 aromatic rings. The van der Waals surface area contributed by atoms with Crippen molar-refractivity contribution in [2.24, 2.45) is 0 Å². The summed E-state index contributed by atoms with van der Waals surface area (Å²) < 4.78 is 20.3. The Hall–Kier alpha value is -2.90. The molecule has 1 amide bonds. The van der Waals surface area contributed by atoms with Crippen molar-refractivity contribution in [2.45, 2.75) is 26.9 Å². The number of halogens is 3. The van der Waals surface area contributed by atoms with Crippen LogP contribution in [0.5, 0.6) is 0 Å². The zero-order valence-electron chi connectivity index (χ0n) is 16.4. The summed E-state index contributed by atoms with van der Waals surface area (Å²) in [5.41, 5.74) is 2.39. The Morgan fingerprint density at radius 3 is 2.47 bits per heavy atom. The van der Waals surface area contributed by atoms with Gasteiger partial charge in [-0.25, -0.2) is 14.2 Å². The van der Waals surface area contributed by atoms with Gasteiger partial charge in [0, 0.05) is 23.3 Å². The van der Waals surface area contributed by atoms with Gasteiger partial charge in [-0.3, -0.25) is 4.79 Å². The number of pyridine rings is 1. The molecule has 2 heterocycles. The quantitative estimate of drug-likeness (QED) is 0.548. The molecule has 1 aromatic carbocycles. The van der Waals surface area contributed by atoms with E-state index in [0.29, 0.717) is 22.0 Å². The van der Waals surface area contributed by atoms with Crippen LogP contribution in [0.2, 0.25) is 10.0 Å². The van der Waals surface area contributed by atoms with Crippen molar-refractivity contribution < 1.29 is 18.7 Å². The summed E-state index contributed by atoms with van der Waals surface area (Å²) in [6, 6.07) is 9.01. The molecule has 0 fully saturated rings. The molecule has 3 rings (SSSR count). The number of anilines is 1. The van der Waals surface area contributed by atoms with Crippen LogP contribution < -0.4 is 5.32 Å². The molecule has 6 nitrogen and oxygen atoms in total. The SMILES string of the molecule is Cc1cc(C(=O)OC(C)C(=O)Nc2ncc(Cl)cc2Cl)c(C)n1-c1ccc(F)cc1. The van der Waals surface area contributed by atoms with E-state index in [1.54, 1.807) is 29.7 Å². The van der Waals surface area contributed by atoms with Gasteiger partial charge >= 0.3 is 5.97 Å². The summed E-state index contributed by atoms with van der Waals surface area (Å²) in [6.07, 6.45) is 0.240. The molecule has 0 spiro atoms. The standard InChI is InChI=1S/C21H18Cl2FN3O3/c1-11-8-17(12(2)27(11)16-6-4-15(24)5-7-16)21(29)30-13(3)20(28)26-19-18(23)9-14(22)10-25-19/h4-10,13H,1-3H3,(H,25,26,28). The number of aryl methyl sites for hydroxylation is 1. The smallest absolute Gasteiger partial charge is 0.340 e. The van der Waals surface area contributed by atoms with Crippen LogP contribution in [0.3, 0.4) is 0 Å². The van der Waals surface area contributed by atoms with Gasteiger partial charge in [0.25, 0.3) is 5.91 Å². The Labute approximate surface area is 182 Å². The summed E-state index contributed by atoms with van der Waals surface area (Å²) in [5, 5.41) is 2.99. The largest absolute Gasteiger partial charge is 0.449 e. The fraction of sp³-hybridized carbons (Fsp3) is 0.190. The Balaban J connectivity index is 1.74. The fourth-order valence-electron chi connectivity index (χ4n) is 2.96. The van der Waals surface area contributed by atoms with Crippen LogP contribution in [0.1, 0.15) is 28.7 Å². The van der Waals surface area contributed by atoms with Gasteiger partial charge in [-0.2, -0.15) is 0 Å². The number of hydrogen-bond donors (Lipinski definition) is 1. The van der Waals surface area contributed by atoms with E-state index < -0.39 is 18.0 Å². The summed E-state index contributed by atoms with van der Waals surface area (Å²) in [4.78, 5) is 29.0. The number of rotatable bonds is 5. The number of carbonyl (C=O) groups is 2. The molecule has 0 aliphatic rings. The summed E-state index contributed by atoms with van der Waals surface area (Å²) in [6.45, 7) is 5.00. The fourth-order valence-corrected chi connectivity index (χ4v) is 3.39. The van der Waals surface area contributed by atoms with Gasteiger partial charge in [-0.05, 0) is 57.2 Å². The molecule has 0 aliphatic carbocycles. The second-order valence-electron chi connectivity index (χ2n) is 6.62. The molecule has 0 saturated heterocycles. The second-order valence-corrected chi connectivity index (χ2v) is 7.46. The number of ether oxygens (including phenoxy) is 1. The highest BCUT2D eigenvalue weighted by Gasteiger charge is 2.24. The minimum Gasteiger partial charge on any atom is -0.449 e.